The Hall–Kier alpha value is -1.10. The first kappa shape index (κ1) is 12.9. The molecule has 0 aromatic heterocycles. The number of methoxy groups -OCH3 is 1. The maximum absolute atomic E-state index is 10.8. The fraction of sp³-hybridized carbons (Fsp3) is 0.778. The zero-order valence-electron chi connectivity index (χ0n) is 8.83. The van der Waals surface area contributed by atoms with E-state index in [9.17, 15) is 9.59 Å². The molecule has 0 spiro atoms. The van der Waals surface area contributed by atoms with Gasteiger partial charge in [-0.3, -0.25) is 4.79 Å². The van der Waals surface area contributed by atoms with Gasteiger partial charge in [0.25, 0.3) is 0 Å². The van der Waals surface area contributed by atoms with Crippen LogP contribution in [-0.2, 0) is 19.1 Å². The topological polar surface area (TPSA) is 64.6 Å². The highest BCUT2D eigenvalue weighted by atomic mass is 16.5. The molecule has 1 amide bonds. The number of rotatable bonds is 5. The molecule has 0 bridgehead atoms. The number of carbonyl (C=O) groups is 2. The Morgan fingerprint density at radius 2 is 2.00 bits per heavy atom. The second-order valence-corrected chi connectivity index (χ2v) is 3.22. The summed E-state index contributed by atoms with van der Waals surface area (Å²) in [6.07, 6.45) is 0. The standard InChI is InChI=1S/C9H17NO4/c1-7(2)6-14-5-4-10-8(11)9(12)13-3/h7H,4-6H2,1-3H3,(H,10,11). The summed E-state index contributed by atoms with van der Waals surface area (Å²) in [5, 5.41) is 2.37. The molecule has 0 radical (unpaired) electrons. The van der Waals surface area contributed by atoms with E-state index in [0.717, 1.165) is 7.11 Å². The Kier molecular flexibility index (Phi) is 6.74. The molecule has 0 aromatic rings. The molecule has 0 unspecified atom stereocenters. The SMILES string of the molecule is COC(=O)C(=O)NCCOCC(C)C. The highest BCUT2D eigenvalue weighted by molar-refractivity contribution is 6.32. The van der Waals surface area contributed by atoms with Crippen molar-refractivity contribution in [3.8, 4) is 0 Å². The summed E-state index contributed by atoms with van der Waals surface area (Å²) in [7, 11) is 1.16. The summed E-state index contributed by atoms with van der Waals surface area (Å²) >= 11 is 0. The van der Waals surface area contributed by atoms with Crippen molar-refractivity contribution < 1.29 is 19.1 Å². The van der Waals surface area contributed by atoms with Gasteiger partial charge in [-0.05, 0) is 5.92 Å². The van der Waals surface area contributed by atoms with Crippen LogP contribution in [0.1, 0.15) is 13.8 Å². The number of esters is 1. The van der Waals surface area contributed by atoms with E-state index in [-0.39, 0.29) is 0 Å². The Morgan fingerprint density at radius 3 is 2.50 bits per heavy atom. The summed E-state index contributed by atoms with van der Waals surface area (Å²) in [6, 6.07) is 0. The predicted molar refractivity (Wildman–Crippen MR) is 50.7 cm³/mol. The van der Waals surface area contributed by atoms with Crippen LogP contribution in [0, 0.1) is 5.92 Å². The third-order valence-electron chi connectivity index (χ3n) is 1.35. The lowest BCUT2D eigenvalue weighted by Gasteiger charge is -2.07. The van der Waals surface area contributed by atoms with Crippen molar-refractivity contribution in [2.45, 2.75) is 13.8 Å². The molecule has 0 saturated carbocycles. The normalized spacial score (nSPS) is 10.0. The molecule has 0 rings (SSSR count). The van der Waals surface area contributed by atoms with Gasteiger partial charge < -0.3 is 14.8 Å². The van der Waals surface area contributed by atoms with Crippen LogP contribution in [0.25, 0.3) is 0 Å². The lowest BCUT2D eigenvalue weighted by atomic mass is 10.2. The van der Waals surface area contributed by atoms with Gasteiger partial charge in [0.15, 0.2) is 0 Å². The highest BCUT2D eigenvalue weighted by Crippen LogP contribution is 1.90. The summed E-state index contributed by atoms with van der Waals surface area (Å²) in [5.41, 5.74) is 0. The zero-order chi connectivity index (χ0) is 11.0. The van der Waals surface area contributed by atoms with E-state index in [1.165, 1.54) is 0 Å². The number of ether oxygens (including phenoxy) is 2. The molecule has 0 heterocycles. The molecular weight excluding hydrogens is 186 g/mol. The third-order valence-corrected chi connectivity index (χ3v) is 1.35. The monoisotopic (exact) mass is 203 g/mol. The van der Waals surface area contributed by atoms with Crippen molar-refractivity contribution >= 4 is 11.9 Å². The van der Waals surface area contributed by atoms with Crippen molar-refractivity contribution in [2.75, 3.05) is 26.9 Å². The van der Waals surface area contributed by atoms with Crippen LogP contribution in [0.15, 0.2) is 0 Å². The lowest BCUT2D eigenvalue weighted by molar-refractivity contribution is -0.152. The minimum absolute atomic E-state index is 0.320. The van der Waals surface area contributed by atoms with Crippen molar-refractivity contribution in [3.05, 3.63) is 0 Å². The number of amides is 1. The molecule has 0 aromatic carbocycles. The van der Waals surface area contributed by atoms with Crippen LogP contribution in [0.2, 0.25) is 0 Å². The van der Waals surface area contributed by atoms with Crippen LogP contribution in [0.4, 0.5) is 0 Å². The van der Waals surface area contributed by atoms with Crippen LogP contribution in [-0.4, -0.2) is 38.7 Å². The van der Waals surface area contributed by atoms with Gasteiger partial charge in [-0.15, -0.1) is 0 Å². The van der Waals surface area contributed by atoms with E-state index >= 15 is 0 Å². The maximum atomic E-state index is 10.8. The third kappa shape index (κ3) is 6.42. The van der Waals surface area contributed by atoms with Gasteiger partial charge >= 0.3 is 11.9 Å². The Balaban J connectivity index is 3.36. The van der Waals surface area contributed by atoms with E-state index in [2.05, 4.69) is 10.1 Å². The maximum Gasteiger partial charge on any atom is 0.396 e. The van der Waals surface area contributed by atoms with Crippen LogP contribution >= 0.6 is 0 Å². The second kappa shape index (κ2) is 7.32. The quantitative estimate of drug-likeness (QED) is 0.386. The van der Waals surface area contributed by atoms with Gasteiger partial charge in [-0.25, -0.2) is 4.79 Å². The van der Waals surface area contributed by atoms with Gasteiger partial charge in [0, 0.05) is 13.2 Å². The molecule has 14 heavy (non-hydrogen) atoms. The second-order valence-electron chi connectivity index (χ2n) is 3.22. The number of carbonyl (C=O) groups excluding carboxylic acids is 2. The first-order chi connectivity index (χ1) is 6.57. The Labute approximate surface area is 83.8 Å². The minimum atomic E-state index is -0.881. The fourth-order valence-electron chi connectivity index (χ4n) is 0.721. The summed E-state index contributed by atoms with van der Waals surface area (Å²) in [6.45, 7) is 5.44. The number of hydrogen-bond donors (Lipinski definition) is 1. The largest absolute Gasteiger partial charge is 0.462 e. The summed E-state index contributed by atoms with van der Waals surface area (Å²) < 4.78 is 9.41. The molecule has 0 atom stereocenters. The summed E-state index contributed by atoms with van der Waals surface area (Å²) in [4.78, 5) is 21.4. The average molecular weight is 203 g/mol. The van der Waals surface area contributed by atoms with Gasteiger partial charge in [-0.1, -0.05) is 13.8 Å². The zero-order valence-corrected chi connectivity index (χ0v) is 8.83. The average Bonchev–Trinajstić information content (AvgIpc) is 2.15. The molecule has 0 fully saturated rings. The van der Waals surface area contributed by atoms with E-state index in [4.69, 9.17) is 4.74 Å². The molecule has 0 aliphatic rings. The van der Waals surface area contributed by atoms with Crippen molar-refractivity contribution in [1.82, 2.24) is 5.32 Å². The van der Waals surface area contributed by atoms with Crippen molar-refractivity contribution in [3.63, 3.8) is 0 Å². The van der Waals surface area contributed by atoms with E-state index < -0.39 is 11.9 Å². The molecule has 0 aliphatic heterocycles. The van der Waals surface area contributed by atoms with Gasteiger partial charge in [0.05, 0.1) is 13.7 Å². The van der Waals surface area contributed by atoms with Gasteiger partial charge in [0.2, 0.25) is 0 Å². The Morgan fingerprint density at radius 1 is 1.36 bits per heavy atom. The highest BCUT2D eigenvalue weighted by Gasteiger charge is 2.11. The van der Waals surface area contributed by atoms with E-state index in [1.807, 2.05) is 13.8 Å². The van der Waals surface area contributed by atoms with Crippen molar-refractivity contribution in [2.24, 2.45) is 5.92 Å². The fourth-order valence-corrected chi connectivity index (χ4v) is 0.721. The molecule has 0 saturated heterocycles. The first-order valence-corrected chi connectivity index (χ1v) is 4.51. The van der Waals surface area contributed by atoms with Crippen LogP contribution in [0.3, 0.4) is 0 Å². The molecule has 5 nitrogen and oxygen atoms in total. The molecule has 5 heteroatoms. The predicted octanol–water partition coefficient (Wildman–Crippen LogP) is -0.0518. The Bertz CT molecular complexity index is 191. The number of hydrogen-bond acceptors (Lipinski definition) is 4. The summed E-state index contributed by atoms with van der Waals surface area (Å²) in [5.74, 6) is -1.15. The number of nitrogens with one attached hydrogen (secondary N) is 1. The van der Waals surface area contributed by atoms with E-state index in [0.29, 0.717) is 25.7 Å². The molecule has 1 N–H and O–H groups in total. The van der Waals surface area contributed by atoms with Crippen LogP contribution in [0.5, 0.6) is 0 Å². The molecule has 82 valence electrons. The molecular formula is C9H17NO4. The lowest BCUT2D eigenvalue weighted by Crippen LogP contribution is -2.34. The smallest absolute Gasteiger partial charge is 0.396 e. The first-order valence-electron chi connectivity index (χ1n) is 4.51. The van der Waals surface area contributed by atoms with Gasteiger partial charge in [-0.2, -0.15) is 0 Å². The molecule has 0 aliphatic carbocycles. The minimum Gasteiger partial charge on any atom is -0.462 e. The van der Waals surface area contributed by atoms with Crippen molar-refractivity contribution in [1.29, 1.82) is 0 Å². The van der Waals surface area contributed by atoms with Crippen LogP contribution < -0.4 is 5.32 Å². The van der Waals surface area contributed by atoms with E-state index in [1.54, 1.807) is 0 Å². The van der Waals surface area contributed by atoms with Gasteiger partial charge in [0.1, 0.15) is 0 Å².